The number of anilines is 1. The summed E-state index contributed by atoms with van der Waals surface area (Å²) in [5, 5.41) is 4.67. The number of carbonyl (C=O) groups is 1. The van der Waals surface area contributed by atoms with Crippen LogP contribution in [0, 0.1) is 0 Å². The van der Waals surface area contributed by atoms with Crippen LogP contribution in [0.3, 0.4) is 0 Å². The number of nitrogens with zero attached hydrogens (tertiary/aromatic N) is 1. The minimum absolute atomic E-state index is 0. The quantitative estimate of drug-likeness (QED) is 0.791. The average Bonchev–Trinajstić information content (AvgIpc) is 2.88. The highest BCUT2D eigenvalue weighted by Crippen LogP contribution is 2.26. The summed E-state index contributed by atoms with van der Waals surface area (Å²) >= 11 is 13.5. The van der Waals surface area contributed by atoms with Crippen LogP contribution in [0.4, 0.5) is 5.13 Å². The van der Waals surface area contributed by atoms with Gasteiger partial charge in [-0.15, -0.1) is 23.7 Å². The van der Waals surface area contributed by atoms with E-state index in [9.17, 15) is 4.79 Å². The van der Waals surface area contributed by atoms with Gasteiger partial charge in [0.1, 0.15) is 0 Å². The average molecular weight is 381 g/mol. The van der Waals surface area contributed by atoms with Crippen molar-refractivity contribution in [2.45, 2.75) is 19.3 Å². The van der Waals surface area contributed by atoms with E-state index in [1.807, 2.05) is 6.07 Å². The lowest BCUT2D eigenvalue weighted by molar-refractivity contribution is -0.116. The molecule has 22 heavy (non-hydrogen) atoms. The van der Waals surface area contributed by atoms with Crippen molar-refractivity contribution in [2.24, 2.45) is 5.73 Å². The minimum atomic E-state index is -0.0675. The second-order valence-electron chi connectivity index (χ2n) is 4.48. The van der Waals surface area contributed by atoms with Crippen LogP contribution in [0.2, 0.25) is 10.0 Å². The SMILES string of the molecule is Cl.NCCCC(=O)Nc1ncc(Cc2cc(Cl)ccc2Cl)s1. The maximum absolute atomic E-state index is 11.6. The highest BCUT2D eigenvalue weighted by atomic mass is 35.5. The molecule has 0 bridgehead atoms. The van der Waals surface area contributed by atoms with Crippen molar-refractivity contribution in [3.8, 4) is 0 Å². The zero-order valence-electron chi connectivity index (χ0n) is 11.6. The molecule has 1 amide bonds. The molecule has 0 spiro atoms. The maximum atomic E-state index is 11.6. The van der Waals surface area contributed by atoms with Gasteiger partial charge in [-0.3, -0.25) is 4.79 Å². The second-order valence-corrected chi connectivity index (χ2v) is 6.44. The van der Waals surface area contributed by atoms with Crippen LogP contribution in [0.1, 0.15) is 23.3 Å². The maximum Gasteiger partial charge on any atom is 0.226 e. The van der Waals surface area contributed by atoms with E-state index in [1.165, 1.54) is 11.3 Å². The molecule has 2 aromatic rings. The number of rotatable bonds is 6. The molecule has 1 aromatic heterocycles. The summed E-state index contributed by atoms with van der Waals surface area (Å²) in [7, 11) is 0. The van der Waals surface area contributed by atoms with Gasteiger partial charge in [0, 0.05) is 34.0 Å². The Kier molecular flexibility index (Phi) is 8.14. The van der Waals surface area contributed by atoms with E-state index in [4.69, 9.17) is 28.9 Å². The second kappa shape index (κ2) is 9.33. The van der Waals surface area contributed by atoms with Crippen LogP contribution < -0.4 is 11.1 Å². The third-order valence-corrected chi connectivity index (χ3v) is 4.30. The third kappa shape index (κ3) is 5.74. The predicted molar refractivity (Wildman–Crippen MR) is 95.5 cm³/mol. The number of halogens is 3. The van der Waals surface area contributed by atoms with Gasteiger partial charge in [-0.25, -0.2) is 4.98 Å². The smallest absolute Gasteiger partial charge is 0.226 e. The number of hydrogen-bond acceptors (Lipinski definition) is 4. The van der Waals surface area contributed by atoms with Gasteiger partial charge in [0.05, 0.1) is 0 Å². The summed E-state index contributed by atoms with van der Waals surface area (Å²) in [4.78, 5) is 16.8. The molecule has 120 valence electrons. The Hall–Kier alpha value is -0.850. The van der Waals surface area contributed by atoms with Crippen molar-refractivity contribution < 1.29 is 4.79 Å². The van der Waals surface area contributed by atoms with E-state index in [1.54, 1.807) is 18.3 Å². The van der Waals surface area contributed by atoms with Gasteiger partial charge in [-0.1, -0.05) is 23.2 Å². The third-order valence-electron chi connectivity index (χ3n) is 2.78. The summed E-state index contributed by atoms with van der Waals surface area (Å²) in [6, 6.07) is 5.36. The fraction of sp³-hybridized carbons (Fsp3) is 0.286. The molecule has 8 heteroatoms. The van der Waals surface area contributed by atoms with E-state index < -0.39 is 0 Å². The molecule has 2 rings (SSSR count). The van der Waals surface area contributed by atoms with Gasteiger partial charge in [0.2, 0.25) is 5.91 Å². The Morgan fingerprint density at radius 3 is 2.86 bits per heavy atom. The van der Waals surface area contributed by atoms with E-state index in [2.05, 4.69) is 10.3 Å². The highest BCUT2D eigenvalue weighted by molar-refractivity contribution is 7.15. The minimum Gasteiger partial charge on any atom is -0.330 e. The van der Waals surface area contributed by atoms with E-state index >= 15 is 0 Å². The fourth-order valence-electron chi connectivity index (χ4n) is 1.76. The molecule has 0 unspecified atom stereocenters. The van der Waals surface area contributed by atoms with Crippen LogP contribution in [0.25, 0.3) is 0 Å². The van der Waals surface area contributed by atoms with Gasteiger partial charge < -0.3 is 11.1 Å². The van der Waals surface area contributed by atoms with Crippen molar-refractivity contribution in [1.29, 1.82) is 0 Å². The first-order valence-electron chi connectivity index (χ1n) is 6.47. The monoisotopic (exact) mass is 379 g/mol. The van der Waals surface area contributed by atoms with Crippen LogP contribution in [-0.4, -0.2) is 17.4 Å². The zero-order chi connectivity index (χ0) is 15.2. The normalized spacial score (nSPS) is 10.1. The van der Waals surface area contributed by atoms with Crippen LogP contribution >= 0.6 is 46.9 Å². The standard InChI is InChI=1S/C14H15Cl2N3OS.ClH/c15-10-3-4-12(16)9(6-10)7-11-8-18-14(21-11)19-13(20)2-1-5-17;/h3-4,6,8H,1-2,5,7,17H2,(H,18,19,20);1H. The molecule has 0 atom stereocenters. The number of benzene rings is 1. The molecule has 0 fully saturated rings. The summed E-state index contributed by atoms with van der Waals surface area (Å²) in [5.74, 6) is -0.0675. The number of nitrogens with one attached hydrogen (secondary N) is 1. The molecular weight excluding hydrogens is 365 g/mol. The number of aromatic nitrogens is 1. The van der Waals surface area contributed by atoms with E-state index in [-0.39, 0.29) is 18.3 Å². The van der Waals surface area contributed by atoms with Gasteiger partial charge in [-0.05, 0) is 36.7 Å². The molecule has 0 aliphatic rings. The molecule has 3 N–H and O–H groups in total. The molecule has 0 saturated heterocycles. The van der Waals surface area contributed by atoms with Gasteiger partial charge in [0.25, 0.3) is 0 Å². The van der Waals surface area contributed by atoms with Crippen molar-refractivity contribution in [3.05, 3.63) is 44.9 Å². The van der Waals surface area contributed by atoms with Crippen molar-refractivity contribution >= 4 is 58.0 Å². The van der Waals surface area contributed by atoms with Crippen LogP contribution in [-0.2, 0) is 11.2 Å². The van der Waals surface area contributed by atoms with Crippen LogP contribution in [0.15, 0.2) is 24.4 Å². The van der Waals surface area contributed by atoms with Crippen molar-refractivity contribution in [3.63, 3.8) is 0 Å². The molecule has 1 heterocycles. The van der Waals surface area contributed by atoms with Crippen LogP contribution in [0.5, 0.6) is 0 Å². The first kappa shape index (κ1) is 19.2. The first-order valence-corrected chi connectivity index (χ1v) is 8.04. The highest BCUT2D eigenvalue weighted by Gasteiger charge is 2.09. The molecule has 4 nitrogen and oxygen atoms in total. The number of hydrogen-bond donors (Lipinski definition) is 2. The Morgan fingerprint density at radius 2 is 2.14 bits per heavy atom. The first-order chi connectivity index (χ1) is 10.1. The Balaban J connectivity index is 0.00000242. The summed E-state index contributed by atoms with van der Waals surface area (Å²) in [6.45, 7) is 0.504. The predicted octanol–water partition coefficient (Wildman–Crippen LogP) is 4.14. The summed E-state index contributed by atoms with van der Waals surface area (Å²) in [5.41, 5.74) is 6.31. The lowest BCUT2D eigenvalue weighted by atomic mass is 10.1. The topological polar surface area (TPSA) is 68.0 Å². The summed E-state index contributed by atoms with van der Waals surface area (Å²) < 4.78 is 0. The van der Waals surface area contributed by atoms with Gasteiger partial charge >= 0.3 is 0 Å². The number of carbonyl (C=O) groups excluding carboxylic acids is 1. The van der Waals surface area contributed by atoms with Crippen molar-refractivity contribution in [1.82, 2.24) is 4.98 Å². The number of thiazole rings is 1. The molecule has 0 aliphatic heterocycles. The number of nitrogens with two attached hydrogens (primary N) is 1. The van der Waals surface area contributed by atoms with Gasteiger partial charge in [-0.2, -0.15) is 0 Å². The molecular formula is C14H16Cl3N3OS. The fourth-order valence-corrected chi connectivity index (χ4v) is 2.99. The molecule has 0 aliphatic carbocycles. The summed E-state index contributed by atoms with van der Waals surface area (Å²) in [6.07, 6.45) is 3.45. The lowest BCUT2D eigenvalue weighted by Gasteiger charge is -2.02. The molecule has 0 saturated carbocycles. The molecule has 1 aromatic carbocycles. The van der Waals surface area contributed by atoms with E-state index in [0.717, 1.165) is 10.4 Å². The Bertz CT molecular complexity index is 634. The Labute approximate surface area is 149 Å². The Morgan fingerprint density at radius 1 is 1.36 bits per heavy atom. The largest absolute Gasteiger partial charge is 0.330 e. The zero-order valence-corrected chi connectivity index (χ0v) is 14.8. The van der Waals surface area contributed by atoms with E-state index in [0.29, 0.717) is 41.0 Å². The van der Waals surface area contributed by atoms with Crippen molar-refractivity contribution in [2.75, 3.05) is 11.9 Å². The van der Waals surface area contributed by atoms with Gasteiger partial charge in [0.15, 0.2) is 5.13 Å². The number of amides is 1. The lowest BCUT2D eigenvalue weighted by Crippen LogP contribution is -2.13. The molecule has 0 radical (unpaired) electrons.